The largest absolute Gasteiger partial charge is 0.367 e. The van der Waals surface area contributed by atoms with Crippen molar-refractivity contribution in [3.63, 3.8) is 0 Å². The monoisotopic (exact) mass is 389 g/mol. The molecule has 1 saturated heterocycles. The molecule has 0 unspecified atom stereocenters. The van der Waals surface area contributed by atoms with E-state index in [4.69, 9.17) is 4.98 Å². The van der Waals surface area contributed by atoms with Gasteiger partial charge in [0.1, 0.15) is 11.6 Å². The number of pyridine rings is 1. The molecule has 0 atom stereocenters. The van der Waals surface area contributed by atoms with Crippen molar-refractivity contribution in [3.05, 3.63) is 53.5 Å². The molecule has 9 heteroatoms. The molecule has 1 aliphatic heterocycles. The van der Waals surface area contributed by atoms with Gasteiger partial charge in [-0.25, -0.2) is 4.98 Å². The number of amides is 2. The number of hydrogen-bond donors (Lipinski definition) is 3. The number of hydrogen-bond acceptors (Lipinski definition) is 7. The van der Waals surface area contributed by atoms with Crippen molar-refractivity contribution in [2.45, 2.75) is 31.8 Å². The number of aromatic nitrogens is 4. The van der Waals surface area contributed by atoms with Crippen LogP contribution in [0, 0.1) is 0 Å². The average molecular weight is 389 g/mol. The van der Waals surface area contributed by atoms with E-state index in [0.29, 0.717) is 35.2 Å². The Morgan fingerprint density at radius 1 is 1.28 bits per heavy atom. The normalized spacial score (nSPS) is 17.7. The standard InChI is InChI=1S/C20H19N7O2/c28-18-7-13(20(29)26-18)6-14-11-23-27-17(24-15-3-4-15)8-16(25-19(14)27)22-10-12-2-1-5-21-9-12/h1-2,5-6,8-9,11,15,24H,3-4,7,10H2,(H,22,25)(H,26,28,29)/b13-6+. The fourth-order valence-corrected chi connectivity index (χ4v) is 3.22. The summed E-state index contributed by atoms with van der Waals surface area (Å²) in [6.07, 6.45) is 9.21. The molecule has 0 spiro atoms. The summed E-state index contributed by atoms with van der Waals surface area (Å²) < 4.78 is 1.73. The third kappa shape index (κ3) is 3.66. The lowest BCUT2D eigenvalue weighted by Crippen LogP contribution is -2.19. The molecule has 3 aromatic heterocycles. The summed E-state index contributed by atoms with van der Waals surface area (Å²) in [5, 5.41) is 13.5. The highest BCUT2D eigenvalue weighted by Gasteiger charge is 2.25. The number of imide groups is 1. The molecule has 0 radical (unpaired) electrons. The Bertz CT molecular complexity index is 1130. The molecule has 2 amide bonds. The van der Waals surface area contributed by atoms with Crippen LogP contribution in [0.25, 0.3) is 11.7 Å². The number of nitrogens with one attached hydrogen (secondary N) is 3. The third-order valence-corrected chi connectivity index (χ3v) is 4.85. The number of fused-ring (bicyclic) bond motifs is 1. The lowest BCUT2D eigenvalue weighted by atomic mass is 10.1. The highest BCUT2D eigenvalue weighted by Crippen LogP contribution is 2.28. The van der Waals surface area contributed by atoms with Gasteiger partial charge in [0.15, 0.2) is 5.65 Å². The number of anilines is 2. The van der Waals surface area contributed by atoms with Gasteiger partial charge in [-0.1, -0.05) is 6.07 Å². The first-order valence-electron chi connectivity index (χ1n) is 9.48. The lowest BCUT2D eigenvalue weighted by Gasteiger charge is -2.11. The van der Waals surface area contributed by atoms with Crippen LogP contribution in [0.15, 0.2) is 42.4 Å². The summed E-state index contributed by atoms with van der Waals surface area (Å²) in [6.45, 7) is 0.585. The van der Waals surface area contributed by atoms with Crippen molar-refractivity contribution >= 4 is 35.2 Å². The molecular formula is C20H19N7O2. The summed E-state index contributed by atoms with van der Waals surface area (Å²) in [4.78, 5) is 32.2. The minimum atomic E-state index is -0.364. The fourth-order valence-electron chi connectivity index (χ4n) is 3.22. The number of rotatable bonds is 6. The molecule has 29 heavy (non-hydrogen) atoms. The van der Waals surface area contributed by atoms with Gasteiger partial charge in [0.25, 0.3) is 5.91 Å². The zero-order valence-electron chi connectivity index (χ0n) is 15.6. The van der Waals surface area contributed by atoms with E-state index in [9.17, 15) is 9.59 Å². The van der Waals surface area contributed by atoms with Crippen molar-refractivity contribution in [1.82, 2.24) is 24.9 Å². The Labute approximate surface area is 166 Å². The van der Waals surface area contributed by atoms with Crippen LogP contribution in [0.4, 0.5) is 11.6 Å². The second-order valence-corrected chi connectivity index (χ2v) is 7.22. The summed E-state index contributed by atoms with van der Waals surface area (Å²) in [5.74, 6) is 0.872. The van der Waals surface area contributed by atoms with Gasteiger partial charge in [-0.3, -0.25) is 19.9 Å². The second kappa shape index (κ2) is 7.01. The van der Waals surface area contributed by atoms with Gasteiger partial charge >= 0.3 is 0 Å². The molecular weight excluding hydrogens is 370 g/mol. The van der Waals surface area contributed by atoms with E-state index >= 15 is 0 Å². The first kappa shape index (κ1) is 17.4. The molecule has 0 aromatic carbocycles. The molecule has 3 N–H and O–H groups in total. The predicted octanol–water partition coefficient (Wildman–Crippen LogP) is 1.74. The smallest absolute Gasteiger partial charge is 0.254 e. The maximum absolute atomic E-state index is 11.9. The van der Waals surface area contributed by atoms with Gasteiger partial charge in [0.05, 0.1) is 12.6 Å². The van der Waals surface area contributed by atoms with Gasteiger partial charge in [0, 0.05) is 42.2 Å². The van der Waals surface area contributed by atoms with Crippen molar-refractivity contribution in [1.29, 1.82) is 0 Å². The van der Waals surface area contributed by atoms with E-state index in [1.165, 1.54) is 0 Å². The van der Waals surface area contributed by atoms with Crippen LogP contribution < -0.4 is 16.0 Å². The van der Waals surface area contributed by atoms with Gasteiger partial charge < -0.3 is 10.6 Å². The Morgan fingerprint density at radius 2 is 2.17 bits per heavy atom. The molecule has 5 rings (SSSR count). The number of carbonyl (C=O) groups is 2. The first-order valence-corrected chi connectivity index (χ1v) is 9.48. The Hall–Kier alpha value is -3.75. The summed E-state index contributed by atoms with van der Waals surface area (Å²) >= 11 is 0. The minimum Gasteiger partial charge on any atom is -0.367 e. The predicted molar refractivity (Wildman–Crippen MR) is 107 cm³/mol. The third-order valence-electron chi connectivity index (χ3n) is 4.85. The van der Waals surface area contributed by atoms with Gasteiger partial charge in [-0.05, 0) is 30.5 Å². The summed E-state index contributed by atoms with van der Waals surface area (Å²) in [7, 11) is 0. The summed E-state index contributed by atoms with van der Waals surface area (Å²) in [6, 6.07) is 6.25. The van der Waals surface area contributed by atoms with Gasteiger partial charge in [-0.2, -0.15) is 9.61 Å². The molecule has 4 heterocycles. The van der Waals surface area contributed by atoms with Crippen LogP contribution in [0.2, 0.25) is 0 Å². The van der Waals surface area contributed by atoms with Gasteiger partial charge in [0.2, 0.25) is 5.91 Å². The molecule has 2 fully saturated rings. The molecule has 2 aliphatic rings. The highest BCUT2D eigenvalue weighted by atomic mass is 16.2. The molecule has 1 aliphatic carbocycles. The summed E-state index contributed by atoms with van der Waals surface area (Å²) in [5.41, 5.74) is 2.76. The topological polar surface area (TPSA) is 113 Å². The van der Waals surface area contributed by atoms with E-state index in [1.807, 2.05) is 18.2 Å². The van der Waals surface area contributed by atoms with Crippen LogP contribution in [0.1, 0.15) is 30.4 Å². The van der Waals surface area contributed by atoms with Crippen LogP contribution in [0.3, 0.4) is 0 Å². The van der Waals surface area contributed by atoms with Crippen LogP contribution >= 0.6 is 0 Å². The maximum Gasteiger partial charge on any atom is 0.254 e. The molecule has 9 nitrogen and oxygen atoms in total. The van der Waals surface area contributed by atoms with Crippen LogP contribution in [-0.2, 0) is 16.1 Å². The molecule has 146 valence electrons. The van der Waals surface area contributed by atoms with Crippen LogP contribution in [-0.4, -0.2) is 37.4 Å². The Morgan fingerprint density at radius 3 is 2.90 bits per heavy atom. The average Bonchev–Trinajstić information content (AvgIpc) is 3.36. The van der Waals surface area contributed by atoms with E-state index in [0.717, 1.165) is 24.2 Å². The molecule has 0 bridgehead atoms. The molecule has 3 aromatic rings. The van der Waals surface area contributed by atoms with E-state index in [2.05, 4.69) is 26.0 Å². The van der Waals surface area contributed by atoms with Crippen LogP contribution in [0.5, 0.6) is 0 Å². The Balaban J connectivity index is 1.51. The van der Waals surface area contributed by atoms with E-state index in [-0.39, 0.29) is 18.2 Å². The fraction of sp³-hybridized carbons (Fsp3) is 0.250. The van der Waals surface area contributed by atoms with Gasteiger partial charge in [-0.15, -0.1) is 0 Å². The minimum absolute atomic E-state index is 0.0717. The van der Waals surface area contributed by atoms with E-state index in [1.54, 1.807) is 29.2 Å². The number of nitrogens with zero attached hydrogens (tertiary/aromatic N) is 4. The van der Waals surface area contributed by atoms with Crippen molar-refractivity contribution in [2.24, 2.45) is 0 Å². The highest BCUT2D eigenvalue weighted by molar-refractivity contribution is 6.15. The second-order valence-electron chi connectivity index (χ2n) is 7.22. The zero-order valence-corrected chi connectivity index (χ0v) is 15.6. The maximum atomic E-state index is 11.9. The van der Waals surface area contributed by atoms with Crippen molar-refractivity contribution < 1.29 is 9.59 Å². The molecule has 1 saturated carbocycles. The quantitative estimate of drug-likeness (QED) is 0.435. The van der Waals surface area contributed by atoms with Crippen molar-refractivity contribution in [3.8, 4) is 0 Å². The first-order chi connectivity index (χ1) is 14.2. The number of carbonyl (C=O) groups excluding carboxylic acids is 2. The SMILES string of the molecule is O=C1C/C(=C\c2cnn3c(NC4CC4)cc(NCc4cccnc4)nc23)C(=O)N1. The Kier molecular flexibility index (Phi) is 4.19. The zero-order chi connectivity index (χ0) is 19.8. The van der Waals surface area contributed by atoms with Crippen molar-refractivity contribution in [2.75, 3.05) is 10.6 Å². The van der Waals surface area contributed by atoms with E-state index < -0.39 is 0 Å². The lowest BCUT2D eigenvalue weighted by molar-refractivity contribution is -0.124.